The van der Waals surface area contributed by atoms with Crippen LogP contribution in [0.5, 0.6) is 0 Å². The standard InChI is InChI=1S/C18H27N5/c1-15(2)13-21-18(19)22-14-17-20-10-12-23(17)11-6-9-16-7-4-3-5-8-16/h3-5,7-8,10,12,15H,6,9,11,13-14H2,1-2H3,(H3,19,21,22). The Morgan fingerprint density at radius 1 is 1.30 bits per heavy atom. The first-order chi connectivity index (χ1) is 11.1. The normalized spacial score (nSPS) is 11.9. The van der Waals surface area contributed by atoms with Gasteiger partial charge >= 0.3 is 0 Å². The second kappa shape index (κ2) is 8.98. The van der Waals surface area contributed by atoms with E-state index in [1.54, 1.807) is 0 Å². The molecular formula is C18H27N5. The second-order valence-corrected chi connectivity index (χ2v) is 6.10. The summed E-state index contributed by atoms with van der Waals surface area (Å²) in [4.78, 5) is 8.75. The molecule has 23 heavy (non-hydrogen) atoms. The maximum atomic E-state index is 5.87. The molecule has 0 bridgehead atoms. The van der Waals surface area contributed by atoms with Crippen LogP contribution in [0.3, 0.4) is 0 Å². The van der Waals surface area contributed by atoms with Gasteiger partial charge in [0.25, 0.3) is 0 Å². The Bertz CT molecular complexity index is 601. The van der Waals surface area contributed by atoms with Crippen LogP contribution in [0.15, 0.2) is 47.7 Å². The van der Waals surface area contributed by atoms with Crippen molar-refractivity contribution in [1.82, 2.24) is 14.9 Å². The number of guanidine groups is 1. The van der Waals surface area contributed by atoms with E-state index in [-0.39, 0.29) is 0 Å². The van der Waals surface area contributed by atoms with Gasteiger partial charge in [0, 0.05) is 25.5 Å². The zero-order valence-electron chi connectivity index (χ0n) is 14.1. The van der Waals surface area contributed by atoms with E-state index >= 15 is 0 Å². The molecule has 0 saturated carbocycles. The van der Waals surface area contributed by atoms with Crippen molar-refractivity contribution in [1.29, 1.82) is 0 Å². The highest BCUT2D eigenvalue weighted by molar-refractivity contribution is 5.77. The minimum atomic E-state index is 0.484. The Morgan fingerprint density at radius 3 is 2.83 bits per heavy atom. The van der Waals surface area contributed by atoms with E-state index < -0.39 is 0 Å². The third-order valence-corrected chi connectivity index (χ3v) is 3.59. The molecule has 0 atom stereocenters. The van der Waals surface area contributed by atoms with E-state index in [4.69, 9.17) is 5.73 Å². The van der Waals surface area contributed by atoms with Gasteiger partial charge in [-0.25, -0.2) is 9.98 Å². The topological polar surface area (TPSA) is 68.2 Å². The summed E-state index contributed by atoms with van der Waals surface area (Å²) in [5.41, 5.74) is 7.24. The number of nitrogens with zero attached hydrogens (tertiary/aromatic N) is 3. The van der Waals surface area contributed by atoms with E-state index in [2.05, 4.69) is 58.0 Å². The van der Waals surface area contributed by atoms with Gasteiger partial charge in [-0.1, -0.05) is 44.2 Å². The van der Waals surface area contributed by atoms with E-state index in [1.165, 1.54) is 5.56 Å². The van der Waals surface area contributed by atoms with Gasteiger partial charge in [0.05, 0.1) is 0 Å². The van der Waals surface area contributed by atoms with Gasteiger partial charge < -0.3 is 15.6 Å². The van der Waals surface area contributed by atoms with Crippen molar-refractivity contribution >= 4 is 5.96 Å². The Balaban J connectivity index is 1.81. The monoisotopic (exact) mass is 313 g/mol. The molecule has 1 heterocycles. The molecule has 0 amide bonds. The predicted octanol–water partition coefficient (Wildman–Crippen LogP) is 2.58. The van der Waals surface area contributed by atoms with Crippen LogP contribution in [-0.4, -0.2) is 22.1 Å². The number of nitrogens with two attached hydrogens (primary N) is 1. The smallest absolute Gasteiger partial charge is 0.189 e. The van der Waals surface area contributed by atoms with Crippen LogP contribution in [-0.2, 0) is 19.5 Å². The van der Waals surface area contributed by atoms with Crippen molar-refractivity contribution in [2.24, 2.45) is 16.6 Å². The lowest BCUT2D eigenvalue weighted by molar-refractivity contribution is 0.607. The number of aliphatic imine (C=N–C) groups is 1. The number of aryl methyl sites for hydroxylation is 2. The molecule has 5 heteroatoms. The SMILES string of the molecule is CC(C)CNC(N)=NCc1nccn1CCCc1ccccc1. The van der Waals surface area contributed by atoms with Gasteiger partial charge in [0.1, 0.15) is 12.4 Å². The largest absolute Gasteiger partial charge is 0.370 e. The number of benzene rings is 1. The van der Waals surface area contributed by atoms with E-state index in [0.717, 1.165) is 31.8 Å². The van der Waals surface area contributed by atoms with Crippen LogP contribution in [0.2, 0.25) is 0 Å². The van der Waals surface area contributed by atoms with Crippen LogP contribution < -0.4 is 11.1 Å². The fourth-order valence-electron chi connectivity index (χ4n) is 2.31. The molecule has 0 radical (unpaired) electrons. The minimum Gasteiger partial charge on any atom is -0.370 e. The molecule has 0 fully saturated rings. The van der Waals surface area contributed by atoms with Crippen LogP contribution >= 0.6 is 0 Å². The molecule has 1 aromatic heterocycles. The molecule has 0 aliphatic rings. The maximum Gasteiger partial charge on any atom is 0.189 e. The molecule has 0 aliphatic heterocycles. The summed E-state index contributed by atoms with van der Waals surface area (Å²) in [6, 6.07) is 10.5. The molecule has 0 spiro atoms. The van der Waals surface area contributed by atoms with Crippen molar-refractivity contribution < 1.29 is 0 Å². The van der Waals surface area contributed by atoms with E-state index in [1.807, 2.05) is 18.5 Å². The predicted molar refractivity (Wildman–Crippen MR) is 95.2 cm³/mol. The molecule has 2 aromatic rings. The van der Waals surface area contributed by atoms with Gasteiger partial charge in [-0.3, -0.25) is 0 Å². The Hall–Kier alpha value is -2.30. The summed E-state index contributed by atoms with van der Waals surface area (Å²) in [6.07, 6.45) is 5.98. The zero-order valence-corrected chi connectivity index (χ0v) is 14.1. The number of aromatic nitrogens is 2. The van der Waals surface area contributed by atoms with Gasteiger partial charge in [-0.05, 0) is 24.3 Å². The lowest BCUT2D eigenvalue weighted by atomic mass is 10.1. The van der Waals surface area contributed by atoms with E-state index in [0.29, 0.717) is 18.4 Å². The van der Waals surface area contributed by atoms with Crippen molar-refractivity contribution in [2.45, 2.75) is 39.8 Å². The minimum absolute atomic E-state index is 0.484. The summed E-state index contributed by atoms with van der Waals surface area (Å²) in [5.74, 6) is 1.98. The Morgan fingerprint density at radius 2 is 2.09 bits per heavy atom. The highest BCUT2D eigenvalue weighted by Gasteiger charge is 2.03. The average Bonchev–Trinajstić information content (AvgIpc) is 2.99. The van der Waals surface area contributed by atoms with Crippen molar-refractivity contribution in [3.05, 3.63) is 54.1 Å². The number of hydrogen-bond donors (Lipinski definition) is 2. The Kier molecular flexibility index (Phi) is 6.66. The lowest BCUT2D eigenvalue weighted by Gasteiger charge is -2.09. The summed E-state index contributed by atoms with van der Waals surface area (Å²) in [6.45, 7) is 6.56. The molecule has 3 N–H and O–H groups in total. The van der Waals surface area contributed by atoms with Crippen LogP contribution in [0.25, 0.3) is 0 Å². The highest BCUT2D eigenvalue weighted by atomic mass is 15.1. The van der Waals surface area contributed by atoms with Crippen LogP contribution in [0.4, 0.5) is 0 Å². The first kappa shape index (κ1) is 17.1. The number of nitrogens with one attached hydrogen (secondary N) is 1. The van der Waals surface area contributed by atoms with Gasteiger partial charge in [-0.15, -0.1) is 0 Å². The van der Waals surface area contributed by atoms with E-state index in [9.17, 15) is 0 Å². The number of imidazole rings is 1. The summed E-state index contributed by atoms with van der Waals surface area (Å²) in [7, 11) is 0. The maximum absolute atomic E-state index is 5.87. The molecular weight excluding hydrogens is 286 g/mol. The first-order valence-corrected chi connectivity index (χ1v) is 8.23. The lowest BCUT2D eigenvalue weighted by Crippen LogP contribution is -2.34. The average molecular weight is 313 g/mol. The van der Waals surface area contributed by atoms with Gasteiger partial charge in [0.15, 0.2) is 5.96 Å². The van der Waals surface area contributed by atoms with Crippen LogP contribution in [0.1, 0.15) is 31.7 Å². The molecule has 0 saturated heterocycles. The summed E-state index contributed by atoms with van der Waals surface area (Å²) >= 11 is 0. The third-order valence-electron chi connectivity index (χ3n) is 3.59. The first-order valence-electron chi connectivity index (χ1n) is 8.23. The summed E-state index contributed by atoms with van der Waals surface area (Å²) in [5, 5.41) is 3.12. The quantitative estimate of drug-likeness (QED) is 0.581. The Labute approximate surface area is 138 Å². The third kappa shape index (κ3) is 6.14. The fourth-order valence-corrected chi connectivity index (χ4v) is 2.31. The number of hydrogen-bond acceptors (Lipinski definition) is 2. The molecule has 2 rings (SSSR count). The van der Waals surface area contributed by atoms with Crippen molar-refractivity contribution in [3.8, 4) is 0 Å². The highest BCUT2D eigenvalue weighted by Crippen LogP contribution is 2.06. The molecule has 1 aromatic carbocycles. The van der Waals surface area contributed by atoms with Gasteiger partial charge in [0.2, 0.25) is 0 Å². The fraction of sp³-hybridized carbons (Fsp3) is 0.444. The van der Waals surface area contributed by atoms with Crippen molar-refractivity contribution in [3.63, 3.8) is 0 Å². The molecule has 0 unspecified atom stereocenters. The zero-order chi connectivity index (χ0) is 16.5. The molecule has 124 valence electrons. The summed E-state index contributed by atoms with van der Waals surface area (Å²) < 4.78 is 2.15. The van der Waals surface area contributed by atoms with Crippen molar-refractivity contribution in [2.75, 3.05) is 6.54 Å². The van der Waals surface area contributed by atoms with Crippen LogP contribution in [0, 0.1) is 5.92 Å². The van der Waals surface area contributed by atoms with Gasteiger partial charge in [-0.2, -0.15) is 0 Å². The second-order valence-electron chi connectivity index (χ2n) is 6.10. The molecule has 5 nitrogen and oxygen atoms in total. The molecule has 0 aliphatic carbocycles. The number of rotatable bonds is 8.